The molecule has 0 fully saturated rings. The molecule has 0 atom stereocenters. The second-order valence-corrected chi connectivity index (χ2v) is 10.3. The highest BCUT2D eigenvalue weighted by molar-refractivity contribution is 7.18. The van der Waals surface area contributed by atoms with Crippen molar-refractivity contribution in [3.8, 4) is 5.69 Å². The summed E-state index contributed by atoms with van der Waals surface area (Å²) in [6.45, 7) is 4.46. The molecule has 2 aromatic heterocycles. The van der Waals surface area contributed by atoms with E-state index < -0.39 is 21.8 Å². The fraction of sp³-hybridized carbons (Fsp3) is 0.250. The summed E-state index contributed by atoms with van der Waals surface area (Å²) < 4.78 is 8.65. The molecule has 1 aliphatic rings. The molecule has 0 saturated heterocycles. The van der Waals surface area contributed by atoms with Gasteiger partial charge in [0.1, 0.15) is 4.83 Å². The van der Waals surface area contributed by atoms with Crippen LogP contribution in [0.1, 0.15) is 29.9 Å². The Labute approximate surface area is 202 Å². The lowest BCUT2D eigenvalue weighted by atomic mass is 9.94. The van der Waals surface area contributed by atoms with Crippen LogP contribution in [-0.2, 0) is 24.3 Å². The number of fused-ring (bicyclic) bond motifs is 3. The van der Waals surface area contributed by atoms with E-state index in [1.807, 2.05) is 13.8 Å². The molecule has 0 spiro atoms. The summed E-state index contributed by atoms with van der Waals surface area (Å²) in [5, 5.41) is 11.9. The van der Waals surface area contributed by atoms with Crippen molar-refractivity contribution in [2.45, 2.75) is 39.0 Å². The number of nitro groups is 1. The number of nitro benzene ring substituents is 1. The summed E-state index contributed by atoms with van der Waals surface area (Å²) in [5.74, 6) is 0. The van der Waals surface area contributed by atoms with Crippen LogP contribution in [0.25, 0.3) is 15.9 Å². The van der Waals surface area contributed by atoms with Crippen molar-refractivity contribution in [1.29, 1.82) is 0 Å². The first-order chi connectivity index (χ1) is 16.1. The normalized spacial score (nSPS) is 14.8. The second-order valence-electron chi connectivity index (χ2n) is 8.82. The molecule has 0 radical (unpaired) electrons. The maximum Gasteiger partial charge on any atom is 0.337 e. The highest BCUT2D eigenvalue weighted by atomic mass is 35.5. The van der Waals surface area contributed by atoms with Gasteiger partial charge in [-0.15, -0.1) is 11.3 Å². The molecule has 3 heterocycles. The third kappa shape index (κ3) is 3.85. The zero-order valence-corrected chi connectivity index (χ0v) is 20.0. The smallest absolute Gasteiger partial charge is 0.337 e. The minimum absolute atomic E-state index is 0.0314. The molecule has 0 N–H and O–H groups in total. The number of non-ortho nitro benzene ring substituents is 1. The molecule has 10 heteroatoms. The highest BCUT2D eigenvalue weighted by Crippen LogP contribution is 2.37. The Hall–Kier alpha value is -3.27. The summed E-state index contributed by atoms with van der Waals surface area (Å²) in [7, 11) is 0. The number of aromatic nitrogens is 2. The van der Waals surface area contributed by atoms with Crippen molar-refractivity contribution in [1.82, 2.24) is 9.13 Å². The molecule has 8 nitrogen and oxygen atoms in total. The number of hydrogen-bond donors (Lipinski definition) is 0. The summed E-state index contributed by atoms with van der Waals surface area (Å²) in [6.07, 6.45) is 0.544. The number of benzene rings is 2. The van der Waals surface area contributed by atoms with Gasteiger partial charge in [-0.3, -0.25) is 19.5 Å². The van der Waals surface area contributed by atoms with Gasteiger partial charge >= 0.3 is 5.69 Å². The van der Waals surface area contributed by atoms with E-state index in [0.717, 1.165) is 15.0 Å². The molecule has 4 aromatic rings. The minimum atomic E-state index is -0.503. The largest absolute Gasteiger partial charge is 0.370 e. The lowest BCUT2D eigenvalue weighted by molar-refractivity contribution is -0.384. The van der Waals surface area contributed by atoms with Gasteiger partial charge in [0.15, 0.2) is 0 Å². The summed E-state index contributed by atoms with van der Waals surface area (Å²) in [4.78, 5) is 39.5. The predicted octanol–water partition coefficient (Wildman–Crippen LogP) is 4.68. The summed E-state index contributed by atoms with van der Waals surface area (Å²) in [6, 6.07) is 12.7. The first-order valence-corrected chi connectivity index (χ1v) is 11.8. The Bertz CT molecular complexity index is 1570. The molecule has 1 aliphatic heterocycles. The van der Waals surface area contributed by atoms with E-state index in [-0.39, 0.29) is 12.2 Å². The Kier molecular flexibility index (Phi) is 5.43. The summed E-state index contributed by atoms with van der Waals surface area (Å²) >= 11 is 7.55. The van der Waals surface area contributed by atoms with Crippen LogP contribution in [-0.4, -0.2) is 19.7 Å². The van der Waals surface area contributed by atoms with Crippen LogP contribution in [0.5, 0.6) is 0 Å². The zero-order valence-electron chi connectivity index (χ0n) is 18.4. The van der Waals surface area contributed by atoms with Crippen molar-refractivity contribution in [3.05, 3.63) is 101 Å². The van der Waals surface area contributed by atoms with Gasteiger partial charge in [0.25, 0.3) is 11.2 Å². The van der Waals surface area contributed by atoms with Gasteiger partial charge in [-0.25, -0.2) is 9.36 Å². The van der Waals surface area contributed by atoms with E-state index >= 15 is 0 Å². The topological polar surface area (TPSA) is 96.4 Å². The SMILES string of the molecule is CC1(C)Cc2c(sc3c2c(=O)n(-c2cccc(Cl)c2)c(=O)n3Cc2ccc([N+](=O)[O-])cc2)CO1. The number of ether oxygens (including phenoxy) is 1. The number of rotatable bonds is 4. The molecule has 174 valence electrons. The van der Waals surface area contributed by atoms with Gasteiger partial charge < -0.3 is 4.74 Å². The maximum absolute atomic E-state index is 13.7. The molecular formula is C24H20ClN3O5S. The van der Waals surface area contributed by atoms with Crippen LogP contribution < -0.4 is 11.2 Å². The first-order valence-electron chi connectivity index (χ1n) is 10.6. The molecule has 5 rings (SSSR count). The third-order valence-corrected chi connectivity index (χ3v) is 7.37. The van der Waals surface area contributed by atoms with E-state index in [2.05, 4.69) is 0 Å². The Balaban J connectivity index is 1.78. The Morgan fingerprint density at radius 3 is 2.59 bits per heavy atom. The lowest BCUT2D eigenvalue weighted by Gasteiger charge is -2.29. The third-order valence-electron chi connectivity index (χ3n) is 5.91. The standard InChI is InChI=1S/C24H20ClN3O5S/c1-24(2)11-18-19(13-33-24)34-22-20(18)21(29)27(17-5-3-4-15(25)10-17)23(30)26(22)12-14-6-8-16(9-7-14)28(31)32/h3-10H,11-13H2,1-2H3. The predicted molar refractivity (Wildman–Crippen MR) is 131 cm³/mol. The van der Waals surface area contributed by atoms with Crippen LogP contribution in [0.4, 0.5) is 5.69 Å². The van der Waals surface area contributed by atoms with Gasteiger partial charge in [0, 0.05) is 28.5 Å². The highest BCUT2D eigenvalue weighted by Gasteiger charge is 2.32. The van der Waals surface area contributed by atoms with Crippen LogP contribution in [0.15, 0.2) is 58.1 Å². The van der Waals surface area contributed by atoms with Crippen LogP contribution >= 0.6 is 22.9 Å². The fourth-order valence-electron chi connectivity index (χ4n) is 4.24. The molecule has 0 unspecified atom stereocenters. The number of hydrogen-bond acceptors (Lipinski definition) is 6. The van der Waals surface area contributed by atoms with E-state index in [1.54, 1.807) is 41.0 Å². The van der Waals surface area contributed by atoms with Crippen molar-refractivity contribution in [3.63, 3.8) is 0 Å². The molecule has 34 heavy (non-hydrogen) atoms. The van der Waals surface area contributed by atoms with Crippen molar-refractivity contribution < 1.29 is 9.66 Å². The Morgan fingerprint density at radius 2 is 1.91 bits per heavy atom. The molecule has 0 bridgehead atoms. The molecule has 0 saturated carbocycles. The van der Waals surface area contributed by atoms with E-state index in [0.29, 0.717) is 39.5 Å². The Morgan fingerprint density at radius 1 is 1.18 bits per heavy atom. The molecular weight excluding hydrogens is 478 g/mol. The van der Waals surface area contributed by atoms with Gasteiger partial charge in [-0.1, -0.05) is 29.8 Å². The van der Waals surface area contributed by atoms with Gasteiger partial charge in [-0.05, 0) is 43.2 Å². The van der Waals surface area contributed by atoms with E-state index in [1.165, 1.54) is 23.5 Å². The average Bonchev–Trinajstić information content (AvgIpc) is 3.15. The number of halogens is 1. The van der Waals surface area contributed by atoms with E-state index in [9.17, 15) is 19.7 Å². The van der Waals surface area contributed by atoms with E-state index in [4.69, 9.17) is 16.3 Å². The monoisotopic (exact) mass is 497 g/mol. The zero-order chi connectivity index (χ0) is 24.2. The van der Waals surface area contributed by atoms with Crippen molar-refractivity contribution in [2.75, 3.05) is 0 Å². The minimum Gasteiger partial charge on any atom is -0.370 e. The van der Waals surface area contributed by atoms with Crippen LogP contribution in [0.3, 0.4) is 0 Å². The van der Waals surface area contributed by atoms with Crippen LogP contribution in [0.2, 0.25) is 5.02 Å². The summed E-state index contributed by atoms with van der Waals surface area (Å²) in [5.41, 5.74) is 0.620. The quantitative estimate of drug-likeness (QED) is 0.301. The molecule has 2 aromatic carbocycles. The molecule has 0 aliphatic carbocycles. The lowest BCUT2D eigenvalue weighted by Crippen LogP contribution is -2.39. The van der Waals surface area contributed by atoms with Gasteiger partial charge in [0.2, 0.25) is 0 Å². The second kappa shape index (κ2) is 8.19. The van der Waals surface area contributed by atoms with Crippen molar-refractivity contribution in [2.24, 2.45) is 0 Å². The number of nitrogens with zero attached hydrogens (tertiary/aromatic N) is 3. The fourth-order valence-corrected chi connectivity index (χ4v) is 5.64. The maximum atomic E-state index is 13.7. The average molecular weight is 498 g/mol. The van der Waals surface area contributed by atoms with Crippen molar-refractivity contribution >= 4 is 38.8 Å². The van der Waals surface area contributed by atoms with Gasteiger partial charge in [-0.2, -0.15) is 0 Å². The van der Waals surface area contributed by atoms with Crippen LogP contribution in [0, 0.1) is 10.1 Å². The van der Waals surface area contributed by atoms with Gasteiger partial charge in [0.05, 0.1) is 34.7 Å². The first kappa shape index (κ1) is 22.5. The molecule has 0 amide bonds. The number of thiophene rings is 1.